The molecule has 0 bridgehead atoms. The highest BCUT2D eigenvalue weighted by molar-refractivity contribution is 7.22. The fourth-order valence-corrected chi connectivity index (χ4v) is 4.78. The fraction of sp³-hybridized carbons (Fsp3) is 0.556. The predicted octanol–water partition coefficient (Wildman–Crippen LogP) is 3.89. The van der Waals surface area contributed by atoms with Gasteiger partial charge < -0.3 is 4.90 Å². The topological polar surface area (TPSA) is 79.6 Å². The first-order valence-corrected chi connectivity index (χ1v) is 10.2. The van der Waals surface area contributed by atoms with Crippen molar-refractivity contribution in [2.75, 3.05) is 31.1 Å². The molecule has 1 aromatic carbocycles. The molecule has 29 heavy (non-hydrogen) atoms. The Hall–Kier alpha value is -2.27. The molecular formula is C18H21F3N4O3S. The summed E-state index contributed by atoms with van der Waals surface area (Å²) in [6.45, 7) is 6.99. The Kier molecular flexibility index (Phi) is 6.08. The van der Waals surface area contributed by atoms with E-state index in [-0.39, 0.29) is 10.1 Å². The molecular weight excluding hydrogens is 409 g/mol. The summed E-state index contributed by atoms with van der Waals surface area (Å²) in [4.78, 5) is 31.1. The van der Waals surface area contributed by atoms with Crippen LogP contribution in [0.25, 0.3) is 10.1 Å². The van der Waals surface area contributed by atoms with Crippen LogP contribution in [0.2, 0.25) is 0 Å². The number of benzene rings is 1. The molecule has 3 rings (SSSR count). The summed E-state index contributed by atoms with van der Waals surface area (Å²) in [6, 6.07) is 1.60. The number of rotatable bonds is 5. The molecule has 1 saturated heterocycles. The molecule has 1 fully saturated rings. The maximum Gasteiger partial charge on any atom is 0.416 e. The minimum Gasteiger partial charge on any atom is -0.345 e. The average molecular weight is 430 g/mol. The number of alkyl halides is 3. The number of piperazine rings is 1. The minimum atomic E-state index is -4.79. The minimum absolute atomic E-state index is 0.0829. The third-order valence-electron chi connectivity index (χ3n) is 5.26. The van der Waals surface area contributed by atoms with Gasteiger partial charge in [-0.15, -0.1) is 0 Å². The van der Waals surface area contributed by atoms with Crippen LogP contribution in [0, 0.1) is 10.1 Å². The zero-order valence-corrected chi connectivity index (χ0v) is 16.8. The Morgan fingerprint density at radius 3 is 2.34 bits per heavy atom. The van der Waals surface area contributed by atoms with Crippen molar-refractivity contribution in [3.8, 4) is 0 Å². The second kappa shape index (κ2) is 8.23. The van der Waals surface area contributed by atoms with Crippen molar-refractivity contribution in [2.24, 2.45) is 0 Å². The van der Waals surface area contributed by atoms with E-state index in [0.717, 1.165) is 37.3 Å². The van der Waals surface area contributed by atoms with E-state index in [9.17, 15) is 28.1 Å². The molecule has 1 aliphatic rings. The summed E-state index contributed by atoms with van der Waals surface area (Å²) < 4.78 is 39.1. The predicted molar refractivity (Wildman–Crippen MR) is 106 cm³/mol. The average Bonchev–Trinajstić information content (AvgIpc) is 2.68. The molecule has 1 aliphatic heterocycles. The number of nitro benzene ring substituents is 1. The van der Waals surface area contributed by atoms with E-state index in [1.807, 2.05) is 4.90 Å². The van der Waals surface area contributed by atoms with Gasteiger partial charge in [0.1, 0.15) is 4.70 Å². The zero-order valence-electron chi connectivity index (χ0n) is 16.0. The standard InChI is InChI=1S/C18H21F3N4O3S/c1-3-12(4-2)23-5-7-24(8-6-23)17-22-16(26)13-9-11(18(19,20)21)10-14(25(27)28)15(13)29-17/h9-10,12H,3-8H2,1-2H3. The Labute approximate surface area is 168 Å². The largest absolute Gasteiger partial charge is 0.416 e. The Morgan fingerprint density at radius 2 is 1.83 bits per heavy atom. The summed E-state index contributed by atoms with van der Waals surface area (Å²) >= 11 is 0.890. The molecule has 0 unspecified atom stereocenters. The summed E-state index contributed by atoms with van der Waals surface area (Å²) in [6.07, 6.45) is -2.72. The van der Waals surface area contributed by atoms with Crippen molar-refractivity contribution in [3.63, 3.8) is 0 Å². The third-order valence-corrected chi connectivity index (χ3v) is 6.42. The molecule has 0 aliphatic carbocycles. The molecule has 2 heterocycles. The van der Waals surface area contributed by atoms with Gasteiger partial charge in [-0.05, 0) is 18.9 Å². The molecule has 7 nitrogen and oxygen atoms in total. The van der Waals surface area contributed by atoms with Crippen LogP contribution < -0.4 is 10.5 Å². The monoisotopic (exact) mass is 430 g/mol. The highest BCUT2D eigenvalue weighted by atomic mass is 32.1. The van der Waals surface area contributed by atoms with Gasteiger partial charge >= 0.3 is 6.18 Å². The molecule has 0 N–H and O–H groups in total. The maximum absolute atomic E-state index is 13.1. The first-order valence-electron chi connectivity index (χ1n) is 9.35. The van der Waals surface area contributed by atoms with Crippen LogP contribution in [0.3, 0.4) is 0 Å². The van der Waals surface area contributed by atoms with Gasteiger partial charge in [-0.2, -0.15) is 18.2 Å². The Morgan fingerprint density at radius 1 is 1.21 bits per heavy atom. The van der Waals surface area contributed by atoms with Gasteiger partial charge in [0.15, 0.2) is 5.13 Å². The highest BCUT2D eigenvalue weighted by Crippen LogP contribution is 2.38. The molecule has 11 heteroatoms. The number of hydrogen-bond donors (Lipinski definition) is 0. The van der Waals surface area contributed by atoms with Gasteiger partial charge in [0.2, 0.25) is 0 Å². The maximum atomic E-state index is 13.1. The van der Waals surface area contributed by atoms with Crippen LogP contribution >= 0.6 is 11.3 Å². The van der Waals surface area contributed by atoms with Crippen molar-refractivity contribution >= 4 is 32.2 Å². The molecule has 2 aromatic rings. The summed E-state index contributed by atoms with van der Waals surface area (Å²) in [5.74, 6) is 0. The Balaban J connectivity index is 1.99. The van der Waals surface area contributed by atoms with Gasteiger partial charge in [0.25, 0.3) is 11.2 Å². The summed E-state index contributed by atoms with van der Waals surface area (Å²) in [5.41, 5.74) is -2.84. The molecule has 0 amide bonds. The van der Waals surface area contributed by atoms with Gasteiger partial charge in [-0.1, -0.05) is 25.2 Å². The smallest absolute Gasteiger partial charge is 0.345 e. The Bertz CT molecular complexity index is 967. The second-order valence-corrected chi connectivity index (χ2v) is 7.90. The number of non-ortho nitro benzene ring substituents is 1. The van der Waals surface area contributed by atoms with Crippen LogP contribution in [0.4, 0.5) is 24.0 Å². The number of halogens is 3. The van der Waals surface area contributed by atoms with E-state index in [0.29, 0.717) is 36.4 Å². The van der Waals surface area contributed by atoms with Crippen molar-refractivity contribution in [1.82, 2.24) is 9.88 Å². The van der Waals surface area contributed by atoms with Crippen molar-refractivity contribution in [3.05, 3.63) is 38.2 Å². The van der Waals surface area contributed by atoms with Crippen LogP contribution in [-0.2, 0) is 6.18 Å². The lowest BCUT2D eigenvalue weighted by atomic mass is 10.1. The number of fused-ring (bicyclic) bond motifs is 1. The lowest BCUT2D eigenvalue weighted by molar-refractivity contribution is -0.383. The van der Waals surface area contributed by atoms with Gasteiger partial charge in [0, 0.05) is 38.3 Å². The molecule has 0 radical (unpaired) electrons. The van der Waals surface area contributed by atoms with Gasteiger partial charge in [0.05, 0.1) is 15.9 Å². The number of nitro groups is 1. The van der Waals surface area contributed by atoms with E-state index in [1.165, 1.54) is 0 Å². The van der Waals surface area contributed by atoms with Crippen LogP contribution in [0.15, 0.2) is 16.9 Å². The van der Waals surface area contributed by atoms with Crippen molar-refractivity contribution < 1.29 is 18.1 Å². The third kappa shape index (κ3) is 4.35. The second-order valence-electron chi connectivity index (χ2n) is 6.92. The zero-order chi connectivity index (χ0) is 21.3. The normalized spacial score (nSPS) is 16.0. The van der Waals surface area contributed by atoms with Crippen LogP contribution in [0.5, 0.6) is 0 Å². The van der Waals surface area contributed by atoms with Crippen LogP contribution in [0.1, 0.15) is 32.3 Å². The van der Waals surface area contributed by atoms with Gasteiger partial charge in [-0.3, -0.25) is 19.8 Å². The van der Waals surface area contributed by atoms with E-state index in [2.05, 4.69) is 23.7 Å². The van der Waals surface area contributed by atoms with E-state index < -0.39 is 27.9 Å². The van der Waals surface area contributed by atoms with E-state index in [4.69, 9.17) is 0 Å². The van der Waals surface area contributed by atoms with Crippen molar-refractivity contribution in [2.45, 2.75) is 38.9 Å². The van der Waals surface area contributed by atoms with Crippen LogP contribution in [-0.4, -0.2) is 47.0 Å². The molecule has 0 atom stereocenters. The van der Waals surface area contributed by atoms with Crippen molar-refractivity contribution in [1.29, 1.82) is 0 Å². The fourth-order valence-electron chi connectivity index (χ4n) is 3.66. The number of aromatic nitrogens is 1. The molecule has 0 saturated carbocycles. The highest BCUT2D eigenvalue weighted by Gasteiger charge is 2.34. The number of anilines is 1. The quantitative estimate of drug-likeness (QED) is 0.529. The molecule has 1 aromatic heterocycles. The lowest BCUT2D eigenvalue weighted by Gasteiger charge is -2.39. The first kappa shape index (κ1) is 21.4. The lowest BCUT2D eigenvalue weighted by Crippen LogP contribution is -2.50. The number of hydrogen-bond acceptors (Lipinski definition) is 7. The van der Waals surface area contributed by atoms with E-state index in [1.54, 1.807) is 0 Å². The molecule has 158 valence electrons. The first-order chi connectivity index (χ1) is 13.7. The SMILES string of the molecule is CCC(CC)N1CCN(c2nc(=O)c3cc(C(F)(F)F)cc([N+](=O)[O-])c3s2)CC1. The van der Waals surface area contributed by atoms with Gasteiger partial charge in [-0.25, -0.2) is 0 Å². The summed E-state index contributed by atoms with van der Waals surface area (Å²) in [5, 5.41) is 11.3. The number of nitrogens with zero attached hydrogens (tertiary/aromatic N) is 4. The van der Waals surface area contributed by atoms with E-state index >= 15 is 0 Å². The summed E-state index contributed by atoms with van der Waals surface area (Å²) in [7, 11) is 0. The molecule has 0 spiro atoms.